The molecule has 1 saturated carbocycles. The molecule has 1 aromatic carbocycles. The first kappa shape index (κ1) is 17.3. The number of hydrogen-bond donors (Lipinski definition) is 1. The lowest BCUT2D eigenvalue weighted by molar-refractivity contribution is -0.182. The molecule has 0 aliphatic heterocycles. The standard InChI is InChI=1S/C18H24N2O3/c1-17(2)15(12-18(17,3)22-4)20-16(21)11-13-5-7-14(8-6-13)23-10-9-19/h5-8,15H,10-12H2,1-4H3,(H,20,21). The molecule has 1 amide bonds. The predicted molar refractivity (Wildman–Crippen MR) is 87.0 cm³/mol. The lowest BCUT2D eigenvalue weighted by Gasteiger charge is -2.59. The number of nitriles is 1. The molecule has 23 heavy (non-hydrogen) atoms. The fraction of sp³-hybridized carbons (Fsp3) is 0.556. The van der Waals surface area contributed by atoms with Gasteiger partial charge in [-0.15, -0.1) is 0 Å². The number of ether oxygens (including phenoxy) is 2. The van der Waals surface area contributed by atoms with E-state index < -0.39 is 0 Å². The number of nitrogens with zero attached hydrogens (tertiary/aromatic N) is 1. The van der Waals surface area contributed by atoms with Gasteiger partial charge < -0.3 is 14.8 Å². The van der Waals surface area contributed by atoms with E-state index in [1.165, 1.54) is 0 Å². The Kier molecular flexibility index (Phi) is 4.96. The fourth-order valence-corrected chi connectivity index (χ4v) is 2.97. The smallest absolute Gasteiger partial charge is 0.224 e. The lowest BCUT2D eigenvalue weighted by atomic mass is 9.56. The minimum atomic E-state index is -0.190. The third-order valence-electron chi connectivity index (χ3n) is 5.20. The first-order chi connectivity index (χ1) is 10.8. The van der Waals surface area contributed by atoms with Gasteiger partial charge in [0, 0.05) is 18.6 Å². The van der Waals surface area contributed by atoms with E-state index in [1.807, 2.05) is 18.2 Å². The minimum absolute atomic E-state index is 0.00641. The van der Waals surface area contributed by atoms with Crippen molar-refractivity contribution in [2.24, 2.45) is 5.41 Å². The molecule has 0 heterocycles. The van der Waals surface area contributed by atoms with Gasteiger partial charge in [0.05, 0.1) is 12.0 Å². The average Bonchev–Trinajstić information content (AvgIpc) is 2.53. The Morgan fingerprint density at radius 3 is 2.52 bits per heavy atom. The molecule has 2 atom stereocenters. The van der Waals surface area contributed by atoms with Crippen LogP contribution in [-0.4, -0.2) is 31.3 Å². The van der Waals surface area contributed by atoms with E-state index in [4.69, 9.17) is 14.7 Å². The van der Waals surface area contributed by atoms with Crippen LogP contribution >= 0.6 is 0 Å². The Morgan fingerprint density at radius 2 is 2.00 bits per heavy atom. The van der Waals surface area contributed by atoms with Gasteiger partial charge >= 0.3 is 0 Å². The summed E-state index contributed by atoms with van der Waals surface area (Å²) in [5.41, 5.74) is 0.635. The first-order valence-corrected chi connectivity index (χ1v) is 7.75. The lowest BCUT2D eigenvalue weighted by Crippen LogP contribution is -2.68. The second kappa shape index (κ2) is 6.59. The number of rotatable bonds is 6. The molecule has 1 aromatic rings. The zero-order valence-electron chi connectivity index (χ0n) is 14.2. The first-order valence-electron chi connectivity index (χ1n) is 7.75. The monoisotopic (exact) mass is 316 g/mol. The zero-order valence-corrected chi connectivity index (χ0v) is 14.2. The highest BCUT2D eigenvalue weighted by Crippen LogP contribution is 2.51. The number of benzene rings is 1. The Morgan fingerprint density at radius 1 is 1.35 bits per heavy atom. The Bertz CT molecular complexity index is 604. The SMILES string of the molecule is COC1(C)CC(NC(=O)Cc2ccc(OCC#N)cc2)C1(C)C. The van der Waals surface area contributed by atoms with Gasteiger partial charge in [0.2, 0.25) is 5.91 Å². The van der Waals surface area contributed by atoms with Gasteiger partial charge in [-0.2, -0.15) is 5.26 Å². The molecule has 2 unspecified atom stereocenters. The summed E-state index contributed by atoms with van der Waals surface area (Å²) in [6.45, 7) is 6.34. The topological polar surface area (TPSA) is 71.3 Å². The van der Waals surface area contributed by atoms with Crippen LogP contribution in [0.15, 0.2) is 24.3 Å². The largest absolute Gasteiger partial charge is 0.479 e. The second-order valence-corrected chi connectivity index (χ2v) is 6.75. The van der Waals surface area contributed by atoms with E-state index in [2.05, 4.69) is 26.1 Å². The Labute approximate surface area is 137 Å². The molecule has 0 radical (unpaired) electrons. The van der Waals surface area contributed by atoms with Crippen LogP contribution in [0.25, 0.3) is 0 Å². The van der Waals surface area contributed by atoms with Gasteiger partial charge in [0.25, 0.3) is 0 Å². The summed E-state index contributed by atoms with van der Waals surface area (Å²) in [5.74, 6) is 0.638. The van der Waals surface area contributed by atoms with Crippen molar-refractivity contribution in [3.8, 4) is 11.8 Å². The minimum Gasteiger partial charge on any atom is -0.479 e. The maximum absolute atomic E-state index is 12.2. The third-order valence-corrected chi connectivity index (χ3v) is 5.20. The molecule has 1 fully saturated rings. The van der Waals surface area contributed by atoms with Gasteiger partial charge in [-0.3, -0.25) is 4.79 Å². The normalized spacial score (nSPS) is 25.1. The molecular formula is C18H24N2O3. The van der Waals surface area contributed by atoms with Crippen molar-refractivity contribution in [2.75, 3.05) is 13.7 Å². The molecule has 1 N–H and O–H groups in total. The predicted octanol–water partition coefficient (Wildman–Crippen LogP) is 2.45. The molecule has 0 aromatic heterocycles. The number of amides is 1. The number of nitrogens with one attached hydrogen (secondary N) is 1. The summed E-state index contributed by atoms with van der Waals surface area (Å²) in [6.07, 6.45) is 1.15. The highest BCUT2D eigenvalue weighted by atomic mass is 16.5. The Hall–Kier alpha value is -2.06. The summed E-state index contributed by atoms with van der Waals surface area (Å²) in [7, 11) is 1.72. The van der Waals surface area contributed by atoms with Crippen LogP contribution in [0.3, 0.4) is 0 Å². The zero-order chi connectivity index (χ0) is 17.1. The maximum Gasteiger partial charge on any atom is 0.224 e. The van der Waals surface area contributed by atoms with Gasteiger partial charge in [0.1, 0.15) is 11.8 Å². The summed E-state index contributed by atoms with van der Waals surface area (Å²) < 4.78 is 10.8. The van der Waals surface area contributed by atoms with E-state index in [1.54, 1.807) is 19.2 Å². The van der Waals surface area contributed by atoms with E-state index in [9.17, 15) is 4.79 Å². The molecule has 5 heteroatoms. The number of hydrogen-bond acceptors (Lipinski definition) is 4. The second-order valence-electron chi connectivity index (χ2n) is 6.75. The summed E-state index contributed by atoms with van der Waals surface area (Å²) in [4.78, 5) is 12.2. The van der Waals surface area contributed by atoms with Crippen molar-refractivity contribution < 1.29 is 14.3 Å². The van der Waals surface area contributed by atoms with E-state index in [0.29, 0.717) is 12.2 Å². The van der Waals surface area contributed by atoms with Crippen molar-refractivity contribution >= 4 is 5.91 Å². The highest BCUT2D eigenvalue weighted by molar-refractivity contribution is 5.79. The average molecular weight is 316 g/mol. The van der Waals surface area contributed by atoms with Crippen LogP contribution in [0.4, 0.5) is 0 Å². The molecule has 1 aliphatic carbocycles. The maximum atomic E-state index is 12.2. The van der Waals surface area contributed by atoms with Gasteiger partial charge in [-0.1, -0.05) is 26.0 Å². The van der Waals surface area contributed by atoms with Crippen LogP contribution in [0.1, 0.15) is 32.8 Å². The molecule has 5 nitrogen and oxygen atoms in total. The molecule has 124 valence electrons. The number of carbonyl (C=O) groups excluding carboxylic acids is 1. The molecule has 2 rings (SSSR count). The summed E-state index contributed by atoms with van der Waals surface area (Å²) >= 11 is 0. The third kappa shape index (κ3) is 3.48. The molecular weight excluding hydrogens is 292 g/mol. The van der Waals surface area contributed by atoms with Crippen molar-refractivity contribution in [1.82, 2.24) is 5.32 Å². The van der Waals surface area contributed by atoms with Crippen LogP contribution in [0.5, 0.6) is 5.75 Å². The fourth-order valence-electron chi connectivity index (χ4n) is 2.97. The number of methoxy groups -OCH3 is 1. The van der Waals surface area contributed by atoms with Crippen LogP contribution < -0.4 is 10.1 Å². The van der Waals surface area contributed by atoms with E-state index in [-0.39, 0.29) is 29.6 Å². The van der Waals surface area contributed by atoms with E-state index in [0.717, 1.165) is 12.0 Å². The van der Waals surface area contributed by atoms with Crippen molar-refractivity contribution in [3.05, 3.63) is 29.8 Å². The summed E-state index contributed by atoms with van der Waals surface area (Å²) in [6, 6.07) is 9.28. The van der Waals surface area contributed by atoms with Crippen molar-refractivity contribution in [2.45, 2.75) is 45.3 Å². The van der Waals surface area contributed by atoms with Crippen LogP contribution in [-0.2, 0) is 16.0 Å². The van der Waals surface area contributed by atoms with Crippen molar-refractivity contribution in [1.29, 1.82) is 5.26 Å². The number of carbonyl (C=O) groups is 1. The van der Waals surface area contributed by atoms with Gasteiger partial charge in [-0.05, 0) is 31.0 Å². The van der Waals surface area contributed by atoms with Gasteiger partial charge in [0.15, 0.2) is 6.61 Å². The molecule has 0 spiro atoms. The van der Waals surface area contributed by atoms with Crippen LogP contribution in [0.2, 0.25) is 0 Å². The Balaban J connectivity index is 1.87. The highest BCUT2D eigenvalue weighted by Gasteiger charge is 2.58. The van der Waals surface area contributed by atoms with Gasteiger partial charge in [-0.25, -0.2) is 0 Å². The molecule has 0 saturated heterocycles. The van der Waals surface area contributed by atoms with E-state index >= 15 is 0 Å². The van der Waals surface area contributed by atoms with Crippen LogP contribution in [0, 0.1) is 16.7 Å². The molecule has 1 aliphatic rings. The molecule has 0 bridgehead atoms. The van der Waals surface area contributed by atoms with Crippen molar-refractivity contribution in [3.63, 3.8) is 0 Å². The quantitative estimate of drug-likeness (QED) is 0.875. The summed E-state index contributed by atoms with van der Waals surface area (Å²) in [5, 5.41) is 11.6.